The molecule has 0 saturated heterocycles. The smallest absolute Gasteiger partial charge is 0.270 e. The van der Waals surface area contributed by atoms with E-state index in [-0.39, 0.29) is 5.91 Å². The molecule has 4 rings (SSSR count). The van der Waals surface area contributed by atoms with Gasteiger partial charge >= 0.3 is 0 Å². The second kappa shape index (κ2) is 6.45. The van der Waals surface area contributed by atoms with E-state index in [1.54, 1.807) is 28.1 Å². The van der Waals surface area contributed by atoms with Crippen molar-refractivity contribution in [3.63, 3.8) is 0 Å². The summed E-state index contributed by atoms with van der Waals surface area (Å²) in [5.74, 6) is -0.182. The summed E-state index contributed by atoms with van der Waals surface area (Å²) >= 11 is 1.60. The second-order valence-electron chi connectivity index (χ2n) is 5.52. The maximum atomic E-state index is 12.7. The summed E-state index contributed by atoms with van der Waals surface area (Å²) in [7, 11) is 0. The summed E-state index contributed by atoms with van der Waals surface area (Å²) < 4.78 is 1.79. The predicted octanol–water partition coefficient (Wildman–Crippen LogP) is 3.09. The average molecular weight is 349 g/mol. The third-order valence-corrected chi connectivity index (χ3v) is 4.59. The number of hydrogen-bond donors (Lipinski definition) is 1. The average Bonchev–Trinajstić information content (AvgIpc) is 3.27. The third-order valence-electron chi connectivity index (χ3n) is 3.90. The highest BCUT2D eigenvalue weighted by Crippen LogP contribution is 2.22. The number of aryl methyl sites for hydroxylation is 1. The zero-order chi connectivity index (χ0) is 17.2. The number of imidazole rings is 1. The Hall–Kier alpha value is -3.06. The molecule has 0 spiro atoms. The van der Waals surface area contributed by atoms with Crippen LogP contribution >= 0.6 is 11.3 Å². The van der Waals surface area contributed by atoms with Gasteiger partial charge in [-0.25, -0.2) is 4.98 Å². The Kier molecular flexibility index (Phi) is 3.99. The Morgan fingerprint density at radius 1 is 1.24 bits per heavy atom. The summed E-state index contributed by atoms with van der Waals surface area (Å²) in [6.07, 6.45) is 5.13. The Morgan fingerprint density at radius 2 is 2.12 bits per heavy atom. The van der Waals surface area contributed by atoms with Crippen molar-refractivity contribution in [1.82, 2.24) is 24.7 Å². The van der Waals surface area contributed by atoms with Crippen LogP contribution in [0.4, 0.5) is 0 Å². The summed E-state index contributed by atoms with van der Waals surface area (Å²) in [4.78, 5) is 25.9. The first-order valence-corrected chi connectivity index (χ1v) is 8.72. The van der Waals surface area contributed by atoms with Crippen molar-refractivity contribution in [1.29, 1.82) is 0 Å². The number of amides is 1. The van der Waals surface area contributed by atoms with Crippen LogP contribution in [-0.4, -0.2) is 25.3 Å². The van der Waals surface area contributed by atoms with Crippen LogP contribution in [0.2, 0.25) is 0 Å². The summed E-state index contributed by atoms with van der Waals surface area (Å²) in [5, 5.41) is 6.95. The monoisotopic (exact) mass is 349 g/mol. The number of pyridine rings is 1. The highest BCUT2D eigenvalue weighted by molar-refractivity contribution is 7.08. The van der Waals surface area contributed by atoms with Crippen molar-refractivity contribution in [3.05, 3.63) is 70.7 Å². The molecule has 4 heterocycles. The highest BCUT2D eigenvalue weighted by atomic mass is 32.1. The zero-order valence-electron chi connectivity index (χ0n) is 13.5. The molecule has 6 nitrogen and oxygen atoms in total. The van der Waals surface area contributed by atoms with Gasteiger partial charge in [0.15, 0.2) is 0 Å². The number of nitrogens with zero attached hydrogens (tertiary/aromatic N) is 4. The van der Waals surface area contributed by atoms with Crippen LogP contribution in [0, 0.1) is 6.92 Å². The molecule has 4 aromatic heterocycles. The minimum absolute atomic E-state index is 0.182. The van der Waals surface area contributed by atoms with Gasteiger partial charge in [0.05, 0.1) is 23.6 Å². The lowest BCUT2D eigenvalue weighted by Crippen LogP contribution is -2.25. The Labute approximate surface area is 148 Å². The molecule has 7 heteroatoms. The molecule has 0 bridgehead atoms. The highest BCUT2D eigenvalue weighted by Gasteiger charge is 2.17. The summed E-state index contributed by atoms with van der Waals surface area (Å²) in [6.45, 7) is 2.14. The molecule has 0 aliphatic rings. The molecule has 0 radical (unpaired) electrons. The molecular weight excluding hydrogens is 334 g/mol. The van der Waals surface area contributed by atoms with Gasteiger partial charge in [0.2, 0.25) is 0 Å². The van der Waals surface area contributed by atoms with Crippen molar-refractivity contribution in [3.8, 4) is 11.3 Å². The van der Waals surface area contributed by atoms with Gasteiger partial charge in [-0.2, -0.15) is 11.3 Å². The van der Waals surface area contributed by atoms with E-state index >= 15 is 0 Å². The fourth-order valence-electron chi connectivity index (χ4n) is 2.77. The maximum absolute atomic E-state index is 12.7. The number of aromatic nitrogens is 4. The number of rotatable bonds is 4. The zero-order valence-corrected chi connectivity index (χ0v) is 14.3. The Morgan fingerprint density at radius 3 is 2.96 bits per heavy atom. The number of hydrogen-bond acceptors (Lipinski definition) is 5. The first kappa shape index (κ1) is 15.5. The van der Waals surface area contributed by atoms with Crippen molar-refractivity contribution in [2.24, 2.45) is 0 Å². The van der Waals surface area contributed by atoms with Gasteiger partial charge in [0.1, 0.15) is 11.3 Å². The molecule has 0 aliphatic heterocycles. The number of carbonyl (C=O) groups excluding carboxylic acids is 1. The van der Waals surface area contributed by atoms with E-state index in [1.165, 1.54) is 0 Å². The third kappa shape index (κ3) is 2.89. The number of fused-ring (bicyclic) bond motifs is 1. The van der Waals surface area contributed by atoms with Crippen molar-refractivity contribution in [2.75, 3.05) is 0 Å². The molecule has 0 aliphatic carbocycles. The molecule has 1 N–H and O–H groups in total. The van der Waals surface area contributed by atoms with Gasteiger partial charge in [-0.3, -0.25) is 19.2 Å². The van der Waals surface area contributed by atoms with Crippen LogP contribution in [0.25, 0.3) is 16.9 Å². The van der Waals surface area contributed by atoms with Gasteiger partial charge in [0.25, 0.3) is 5.91 Å². The van der Waals surface area contributed by atoms with E-state index in [4.69, 9.17) is 0 Å². The van der Waals surface area contributed by atoms with E-state index in [9.17, 15) is 4.79 Å². The molecule has 124 valence electrons. The lowest BCUT2D eigenvalue weighted by Gasteiger charge is -2.08. The van der Waals surface area contributed by atoms with Crippen molar-refractivity contribution in [2.45, 2.75) is 13.5 Å². The number of thiophene rings is 1. The van der Waals surface area contributed by atoms with E-state index < -0.39 is 0 Å². The van der Waals surface area contributed by atoms with Crippen LogP contribution in [0.15, 0.2) is 53.6 Å². The van der Waals surface area contributed by atoms with Crippen LogP contribution in [0.1, 0.15) is 21.9 Å². The largest absolute Gasteiger partial charge is 0.345 e. The van der Waals surface area contributed by atoms with Crippen LogP contribution < -0.4 is 5.32 Å². The fraction of sp³-hybridized carbons (Fsp3) is 0.111. The van der Waals surface area contributed by atoms with Crippen molar-refractivity contribution >= 4 is 22.9 Å². The van der Waals surface area contributed by atoms with Crippen LogP contribution in [0.5, 0.6) is 0 Å². The van der Waals surface area contributed by atoms with Gasteiger partial charge < -0.3 is 5.32 Å². The first-order valence-electron chi connectivity index (χ1n) is 7.78. The minimum atomic E-state index is -0.182. The van der Waals surface area contributed by atoms with Gasteiger partial charge in [0, 0.05) is 29.5 Å². The molecule has 0 fully saturated rings. The van der Waals surface area contributed by atoms with Gasteiger partial charge in [-0.15, -0.1) is 0 Å². The van der Waals surface area contributed by atoms with Crippen LogP contribution in [0.3, 0.4) is 0 Å². The molecule has 4 aromatic rings. The lowest BCUT2D eigenvalue weighted by molar-refractivity contribution is 0.0944. The summed E-state index contributed by atoms with van der Waals surface area (Å²) in [5.41, 5.74) is 4.52. The van der Waals surface area contributed by atoms with E-state index in [0.29, 0.717) is 17.9 Å². The lowest BCUT2D eigenvalue weighted by atomic mass is 10.2. The van der Waals surface area contributed by atoms with Gasteiger partial charge in [-0.05, 0) is 30.5 Å². The van der Waals surface area contributed by atoms with Crippen molar-refractivity contribution < 1.29 is 4.79 Å². The standard InChI is InChI=1S/C18H15N5OS/c1-12-17(23-8-3-2-4-15(23)22-12)18(24)21-10-14-16(20-7-6-19-14)13-5-9-25-11-13/h2-9,11H,10H2,1H3,(H,21,24). The van der Waals surface area contributed by atoms with E-state index in [2.05, 4.69) is 20.3 Å². The second-order valence-corrected chi connectivity index (χ2v) is 6.30. The number of carbonyl (C=O) groups is 1. The number of nitrogens with one attached hydrogen (secondary N) is 1. The van der Waals surface area contributed by atoms with E-state index in [1.807, 2.05) is 48.1 Å². The molecule has 0 atom stereocenters. The molecule has 25 heavy (non-hydrogen) atoms. The Bertz CT molecular complexity index is 1040. The quantitative estimate of drug-likeness (QED) is 0.614. The molecule has 0 saturated carbocycles. The molecule has 1 amide bonds. The molecule has 0 unspecified atom stereocenters. The van der Waals surface area contributed by atoms with Gasteiger partial charge in [-0.1, -0.05) is 6.07 Å². The first-order chi connectivity index (χ1) is 12.2. The summed E-state index contributed by atoms with van der Waals surface area (Å²) in [6, 6.07) is 7.65. The Balaban J connectivity index is 1.60. The van der Waals surface area contributed by atoms with Crippen LogP contribution in [-0.2, 0) is 6.54 Å². The predicted molar refractivity (Wildman–Crippen MR) is 96.4 cm³/mol. The molecule has 0 aromatic carbocycles. The fourth-order valence-corrected chi connectivity index (χ4v) is 3.41. The SMILES string of the molecule is Cc1nc2ccccn2c1C(=O)NCc1nccnc1-c1ccsc1. The maximum Gasteiger partial charge on any atom is 0.270 e. The topological polar surface area (TPSA) is 72.2 Å². The molecular formula is C18H15N5OS. The van der Waals surface area contributed by atoms with E-state index in [0.717, 1.165) is 22.6 Å². The minimum Gasteiger partial charge on any atom is -0.345 e. The normalized spacial score (nSPS) is 10.9.